The summed E-state index contributed by atoms with van der Waals surface area (Å²) in [6.07, 6.45) is 4.52. The van der Waals surface area contributed by atoms with Gasteiger partial charge in [-0.25, -0.2) is 8.78 Å². The molecule has 138 valence electrons. The van der Waals surface area contributed by atoms with E-state index in [1.807, 2.05) is 0 Å². The lowest BCUT2D eigenvalue weighted by Gasteiger charge is -2.47. The summed E-state index contributed by atoms with van der Waals surface area (Å²) in [5.41, 5.74) is -0.504. The summed E-state index contributed by atoms with van der Waals surface area (Å²) < 4.78 is 33.1. The fourth-order valence-electron chi connectivity index (χ4n) is 4.11. The largest absolute Gasteiger partial charge is 0.381 e. The molecule has 1 aromatic carbocycles. The van der Waals surface area contributed by atoms with Crippen LogP contribution in [0.4, 0.5) is 8.78 Å². The fourth-order valence-corrected chi connectivity index (χ4v) is 4.11. The van der Waals surface area contributed by atoms with Gasteiger partial charge in [0, 0.05) is 25.8 Å². The molecule has 6 heteroatoms. The van der Waals surface area contributed by atoms with Crippen molar-refractivity contribution >= 4 is 5.91 Å². The maximum absolute atomic E-state index is 14.1. The molecule has 0 unspecified atom stereocenters. The smallest absolute Gasteiger partial charge is 0.257 e. The standard InChI is InChI=1S/C19H26F2N2O2/c1-23(18(24)16-12-15(20)2-3-17(16)21)19(6-8-22-9-7-19)13-14-4-10-25-11-5-14/h2-3,12,14,22H,4-11,13H2,1H3. The summed E-state index contributed by atoms with van der Waals surface area (Å²) in [4.78, 5) is 14.6. The molecule has 2 fully saturated rings. The second kappa shape index (κ2) is 7.79. The fraction of sp³-hybridized carbons (Fsp3) is 0.632. The SMILES string of the molecule is CN(C(=O)c1cc(F)ccc1F)C1(CC2CCOCC2)CCNCC1. The molecule has 0 radical (unpaired) electrons. The van der Waals surface area contributed by atoms with Crippen LogP contribution in [0, 0.1) is 17.6 Å². The van der Waals surface area contributed by atoms with E-state index in [1.165, 1.54) is 0 Å². The van der Waals surface area contributed by atoms with Crippen LogP contribution in [-0.2, 0) is 4.74 Å². The molecule has 2 saturated heterocycles. The van der Waals surface area contributed by atoms with Crippen LogP contribution in [0.5, 0.6) is 0 Å². The topological polar surface area (TPSA) is 41.6 Å². The van der Waals surface area contributed by atoms with Crippen LogP contribution in [0.15, 0.2) is 18.2 Å². The molecule has 25 heavy (non-hydrogen) atoms. The first-order valence-corrected chi connectivity index (χ1v) is 9.03. The zero-order chi connectivity index (χ0) is 17.9. The second-order valence-electron chi connectivity index (χ2n) is 7.22. The number of piperidine rings is 1. The van der Waals surface area contributed by atoms with E-state index in [0.717, 1.165) is 76.6 Å². The van der Waals surface area contributed by atoms with Gasteiger partial charge in [0.1, 0.15) is 11.6 Å². The minimum atomic E-state index is -0.673. The first-order valence-electron chi connectivity index (χ1n) is 9.03. The molecule has 0 atom stereocenters. The van der Waals surface area contributed by atoms with Crippen LogP contribution in [-0.4, -0.2) is 49.7 Å². The molecule has 1 aromatic rings. The van der Waals surface area contributed by atoms with Crippen LogP contribution in [0.2, 0.25) is 0 Å². The molecule has 0 aliphatic carbocycles. The van der Waals surface area contributed by atoms with Gasteiger partial charge in [-0.2, -0.15) is 0 Å². The van der Waals surface area contributed by atoms with Gasteiger partial charge in [-0.1, -0.05) is 0 Å². The number of hydrogen-bond acceptors (Lipinski definition) is 3. The Morgan fingerprint density at radius 1 is 1.28 bits per heavy atom. The molecule has 2 aliphatic rings. The number of carbonyl (C=O) groups is 1. The van der Waals surface area contributed by atoms with E-state index in [1.54, 1.807) is 11.9 Å². The molecule has 0 bridgehead atoms. The minimum absolute atomic E-state index is 0.188. The van der Waals surface area contributed by atoms with Gasteiger partial charge < -0.3 is 15.0 Å². The maximum Gasteiger partial charge on any atom is 0.257 e. The zero-order valence-electron chi connectivity index (χ0n) is 14.7. The summed E-state index contributed by atoms with van der Waals surface area (Å²) in [5.74, 6) is -1.21. The van der Waals surface area contributed by atoms with Crippen molar-refractivity contribution in [2.24, 2.45) is 5.92 Å². The van der Waals surface area contributed by atoms with Crippen LogP contribution in [0.3, 0.4) is 0 Å². The lowest BCUT2D eigenvalue weighted by molar-refractivity contribution is 0.0145. The normalized spacial score (nSPS) is 21.1. The quantitative estimate of drug-likeness (QED) is 0.906. The summed E-state index contributed by atoms with van der Waals surface area (Å²) >= 11 is 0. The summed E-state index contributed by atoms with van der Waals surface area (Å²) in [6, 6.07) is 3.05. The third kappa shape index (κ3) is 4.01. The third-order valence-electron chi connectivity index (χ3n) is 5.72. The molecular weight excluding hydrogens is 326 g/mol. The molecule has 2 aliphatic heterocycles. The van der Waals surface area contributed by atoms with Gasteiger partial charge in [0.15, 0.2) is 0 Å². The number of benzene rings is 1. The summed E-state index contributed by atoms with van der Waals surface area (Å²) in [6.45, 7) is 3.17. The van der Waals surface area contributed by atoms with Gasteiger partial charge in [0.05, 0.1) is 5.56 Å². The summed E-state index contributed by atoms with van der Waals surface area (Å²) in [5, 5.41) is 3.33. The Morgan fingerprint density at radius 2 is 1.96 bits per heavy atom. The van der Waals surface area contributed by atoms with Crippen molar-refractivity contribution in [2.45, 2.75) is 37.6 Å². The number of carbonyl (C=O) groups excluding carboxylic acids is 1. The second-order valence-corrected chi connectivity index (χ2v) is 7.22. The van der Waals surface area contributed by atoms with Crippen molar-refractivity contribution < 1.29 is 18.3 Å². The van der Waals surface area contributed by atoms with Gasteiger partial charge in [0.2, 0.25) is 0 Å². The number of nitrogens with zero attached hydrogens (tertiary/aromatic N) is 1. The van der Waals surface area contributed by atoms with Gasteiger partial charge in [-0.3, -0.25) is 4.79 Å². The maximum atomic E-state index is 14.1. The van der Waals surface area contributed by atoms with Crippen molar-refractivity contribution in [1.29, 1.82) is 0 Å². The van der Waals surface area contributed by atoms with Crippen molar-refractivity contribution in [3.05, 3.63) is 35.4 Å². The van der Waals surface area contributed by atoms with E-state index >= 15 is 0 Å². The van der Waals surface area contributed by atoms with Crippen LogP contribution >= 0.6 is 0 Å². The average molecular weight is 352 g/mol. The number of nitrogens with one attached hydrogen (secondary N) is 1. The molecule has 1 N–H and O–H groups in total. The van der Waals surface area contributed by atoms with E-state index in [0.29, 0.717) is 5.92 Å². The Labute approximate surface area is 147 Å². The predicted molar refractivity (Wildman–Crippen MR) is 91.4 cm³/mol. The molecule has 4 nitrogen and oxygen atoms in total. The molecule has 0 aromatic heterocycles. The highest BCUT2D eigenvalue weighted by Crippen LogP contribution is 2.36. The van der Waals surface area contributed by atoms with E-state index < -0.39 is 17.5 Å². The number of halogens is 2. The number of ether oxygens (including phenoxy) is 1. The van der Waals surface area contributed by atoms with E-state index in [4.69, 9.17) is 4.74 Å². The Morgan fingerprint density at radius 3 is 2.64 bits per heavy atom. The summed E-state index contributed by atoms with van der Waals surface area (Å²) in [7, 11) is 1.73. The van der Waals surface area contributed by atoms with Gasteiger partial charge in [0.25, 0.3) is 5.91 Å². The molecule has 0 spiro atoms. The highest BCUT2D eigenvalue weighted by atomic mass is 19.1. The minimum Gasteiger partial charge on any atom is -0.381 e. The van der Waals surface area contributed by atoms with Crippen LogP contribution < -0.4 is 5.32 Å². The molecule has 2 heterocycles. The monoisotopic (exact) mass is 352 g/mol. The Bertz CT molecular complexity index is 611. The predicted octanol–water partition coefficient (Wildman–Crippen LogP) is 2.98. The third-order valence-corrected chi connectivity index (χ3v) is 5.72. The molecule has 0 saturated carbocycles. The van der Waals surface area contributed by atoms with Crippen LogP contribution in [0.25, 0.3) is 0 Å². The first-order chi connectivity index (χ1) is 12.0. The van der Waals surface area contributed by atoms with E-state index in [-0.39, 0.29) is 11.1 Å². The van der Waals surface area contributed by atoms with Crippen molar-refractivity contribution in [2.75, 3.05) is 33.4 Å². The first kappa shape index (κ1) is 18.3. The molecule has 3 rings (SSSR count). The van der Waals surface area contributed by atoms with Gasteiger partial charge >= 0.3 is 0 Å². The number of amides is 1. The molecular formula is C19H26F2N2O2. The Kier molecular flexibility index (Phi) is 5.69. The van der Waals surface area contributed by atoms with E-state index in [9.17, 15) is 13.6 Å². The Balaban J connectivity index is 1.84. The van der Waals surface area contributed by atoms with E-state index in [2.05, 4.69) is 5.32 Å². The average Bonchev–Trinajstić information content (AvgIpc) is 2.64. The Hall–Kier alpha value is -1.53. The van der Waals surface area contributed by atoms with Crippen LogP contribution in [0.1, 0.15) is 42.5 Å². The van der Waals surface area contributed by atoms with Gasteiger partial charge in [-0.15, -0.1) is 0 Å². The number of hydrogen-bond donors (Lipinski definition) is 1. The van der Waals surface area contributed by atoms with Crippen molar-refractivity contribution in [3.8, 4) is 0 Å². The van der Waals surface area contributed by atoms with Gasteiger partial charge in [-0.05, 0) is 69.3 Å². The molecule has 1 amide bonds. The van der Waals surface area contributed by atoms with Crippen molar-refractivity contribution in [1.82, 2.24) is 10.2 Å². The highest BCUT2D eigenvalue weighted by Gasteiger charge is 2.41. The van der Waals surface area contributed by atoms with Crippen molar-refractivity contribution in [3.63, 3.8) is 0 Å². The number of rotatable bonds is 4. The highest BCUT2D eigenvalue weighted by molar-refractivity contribution is 5.94. The lowest BCUT2D eigenvalue weighted by atomic mass is 9.76. The zero-order valence-corrected chi connectivity index (χ0v) is 14.7. The lowest BCUT2D eigenvalue weighted by Crippen LogP contribution is -2.56.